The number of halogens is 1. The molecule has 0 spiro atoms. The maximum absolute atomic E-state index is 12.0. The van der Waals surface area contributed by atoms with Gasteiger partial charge in [-0.1, -0.05) is 35.7 Å². The number of hydrogen-bond acceptors (Lipinski definition) is 2. The van der Waals surface area contributed by atoms with Crippen molar-refractivity contribution in [2.45, 2.75) is 50.3 Å². The summed E-state index contributed by atoms with van der Waals surface area (Å²) < 4.78 is 0. The molecule has 92 valence electrons. The predicted molar refractivity (Wildman–Crippen MR) is 65.7 cm³/mol. The lowest BCUT2D eigenvalue weighted by molar-refractivity contribution is -0.137. The fourth-order valence-electron chi connectivity index (χ4n) is 2.19. The lowest BCUT2D eigenvalue weighted by Gasteiger charge is -2.26. The monoisotopic (exact) mass is 290 g/mol. The number of alkyl halides is 1. The van der Waals surface area contributed by atoms with Crippen LogP contribution in [-0.2, 0) is 9.59 Å². The van der Waals surface area contributed by atoms with E-state index in [1.807, 2.05) is 0 Å². The van der Waals surface area contributed by atoms with Crippen LogP contribution in [0.15, 0.2) is 0 Å². The second-order valence-corrected chi connectivity index (χ2v) is 5.86. The number of hydrogen-bond donors (Lipinski definition) is 1. The van der Waals surface area contributed by atoms with E-state index in [2.05, 4.69) is 22.9 Å². The van der Waals surface area contributed by atoms with E-state index < -0.39 is 5.97 Å². The zero-order chi connectivity index (χ0) is 12.1. The van der Waals surface area contributed by atoms with Gasteiger partial charge in [-0.15, -0.1) is 0 Å². The minimum atomic E-state index is -0.838. The van der Waals surface area contributed by atoms with Crippen LogP contribution in [0.5, 0.6) is 0 Å². The van der Waals surface area contributed by atoms with Crippen molar-refractivity contribution in [2.75, 3.05) is 0 Å². The summed E-state index contributed by atoms with van der Waals surface area (Å²) in [5.74, 6) is 0.244. The first-order valence-corrected chi connectivity index (χ1v) is 6.82. The van der Waals surface area contributed by atoms with Crippen LogP contribution in [0.4, 0.5) is 0 Å². The molecule has 0 aromatic heterocycles. The van der Waals surface area contributed by atoms with Crippen LogP contribution in [0.2, 0.25) is 0 Å². The van der Waals surface area contributed by atoms with Crippen LogP contribution in [0, 0.1) is 11.8 Å². The molecule has 0 aromatic carbocycles. The Hall–Kier alpha value is -0.380. The summed E-state index contributed by atoms with van der Waals surface area (Å²) in [7, 11) is 0. The average Bonchev–Trinajstić information content (AvgIpc) is 2.26. The van der Waals surface area contributed by atoms with E-state index in [0.717, 1.165) is 31.6 Å². The van der Waals surface area contributed by atoms with E-state index >= 15 is 0 Å². The fraction of sp³-hybridized carbons (Fsp3) is 0.833. The number of ketones is 1. The molecule has 0 saturated heterocycles. The number of carbonyl (C=O) groups excluding carboxylic acids is 1. The number of carboxylic acid groups (broad SMARTS) is 1. The molecule has 0 aromatic rings. The number of carboxylic acids is 1. The number of aliphatic carboxylic acids is 1. The van der Waals surface area contributed by atoms with Crippen molar-refractivity contribution in [3.05, 3.63) is 0 Å². The maximum atomic E-state index is 12.0. The third-order valence-corrected chi connectivity index (χ3v) is 4.25. The quantitative estimate of drug-likeness (QED) is 0.792. The summed E-state index contributed by atoms with van der Waals surface area (Å²) in [5.41, 5.74) is 0. The smallest absolute Gasteiger partial charge is 0.303 e. The Morgan fingerprint density at radius 3 is 2.38 bits per heavy atom. The van der Waals surface area contributed by atoms with E-state index in [1.165, 1.54) is 0 Å². The van der Waals surface area contributed by atoms with Gasteiger partial charge in [-0.05, 0) is 25.2 Å². The van der Waals surface area contributed by atoms with E-state index in [0.29, 0.717) is 6.42 Å². The van der Waals surface area contributed by atoms with Crippen molar-refractivity contribution >= 4 is 27.7 Å². The normalized spacial score (nSPS) is 27.4. The first-order valence-electron chi connectivity index (χ1n) is 5.90. The van der Waals surface area contributed by atoms with Gasteiger partial charge in [-0.2, -0.15) is 0 Å². The Morgan fingerprint density at radius 2 is 1.88 bits per heavy atom. The molecular formula is C12H19BrO3. The topological polar surface area (TPSA) is 54.4 Å². The van der Waals surface area contributed by atoms with Gasteiger partial charge in [0.25, 0.3) is 0 Å². The molecule has 1 aliphatic rings. The number of carbonyl (C=O) groups is 2. The van der Waals surface area contributed by atoms with Gasteiger partial charge in [0.1, 0.15) is 5.78 Å². The molecule has 1 aliphatic carbocycles. The van der Waals surface area contributed by atoms with Crippen molar-refractivity contribution in [1.29, 1.82) is 0 Å². The minimum Gasteiger partial charge on any atom is -0.481 e. The van der Waals surface area contributed by atoms with Gasteiger partial charge in [-0.25, -0.2) is 0 Å². The Bertz CT molecular complexity index is 257. The molecule has 0 heterocycles. The summed E-state index contributed by atoms with van der Waals surface area (Å²) >= 11 is 3.31. The summed E-state index contributed by atoms with van der Waals surface area (Å²) in [4.78, 5) is 22.1. The van der Waals surface area contributed by atoms with Crippen LogP contribution in [-0.4, -0.2) is 21.7 Å². The van der Waals surface area contributed by atoms with Crippen LogP contribution in [0.1, 0.15) is 45.4 Å². The lowest BCUT2D eigenvalue weighted by Crippen LogP contribution is -2.27. The maximum Gasteiger partial charge on any atom is 0.303 e. The molecule has 3 nitrogen and oxygen atoms in total. The van der Waals surface area contributed by atoms with Gasteiger partial charge < -0.3 is 5.11 Å². The zero-order valence-electron chi connectivity index (χ0n) is 9.62. The van der Waals surface area contributed by atoms with E-state index in [9.17, 15) is 9.59 Å². The Labute approximate surface area is 105 Å². The van der Waals surface area contributed by atoms with Crippen molar-refractivity contribution in [3.8, 4) is 0 Å². The van der Waals surface area contributed by atoms with Gasteiger partial charge in [-0.3, -0.25) is 9.59 Å². The van der Waals surface area contributed by atoms with Crippen LogP contribution < -0.4 is 0 Å². The van der Waals surface area contributed by atoms with Gasteiger partial charge in [0, 0.05) is 12.3 Å². The van der Waals surface area contributed by atoms with Gasteiger partial charge >= 0.3 is 5.97 Å². The second-order valence-electron chi connectivity index (χ2n) is 4.76. The molecule has 0 radical (unpaired) electrons. The molecule has 1 rings (SSSR count). The highest BCUT2D eigenvalue weighted by Crippen LogP contribution is 2.31. The number of rotatable bonds is 5. The summed E-state index contributed by atoms with van der Waals surface area (Å²) in [6.07, 6.45) is 4.64. The van der Waals surface area contributed by atoms with Crippen molar-refractivity contribution in [2.24, 2.45) is 11.8 Å². The summed E-state index contributed by atoms with van der Waals surface area (Å²) in [6, 6.07) is 0. The third-order valence-electron chi connectivity index (χ3n) is 3.34. The van der Waals surface area contributed by atoms with Crippen LogP contribution in [0.3, 0.4) is 0 Å². The highest BCUT2D eigenvalue weighted by Gasteiger charge is 2.28. The first kappa shape index (κ1) is 13.7. The van der Waals surface area contributed by atoms with Crippen LogP contribution >= 0.6 is 15.9 Å². The first-order chi connectivity index (χ1) is 7.50. The van der Waals surface area contributed by atoms with Crippen LogP contribution in [0.25, 0.3) is 0 Å². The highest BCUT2D eigenvalue weighted by molar-refractivity contribution is 9.10. The highest BCUT2D eigenvalue weighted by atomic mass is 79.9. The molecular weight excluding hydrogens is 272 g/mol. The molecule has 1 fully saturated rings. The molecule has 4 heteroatoms. The minimum absolute atomic E-state index is 0.0603. The molecule has 0 bridgehead atoms. The molecule has 0 aliphatic heterocycles. The van der Waals surface area contributed by atoms with Gasteiger partial charge in [0.05, 0.1) is 4.83 Å². The molecule has 1 N–H and O–H groups in total. The van der Waals surface area contributed by atoms with E-state index in [1.54, 1.807) is 0 Å². The Morgan fingerprint density at radius 1 is 1.31 bits per heavy atom. The summed E-state index contributed by atoms with van der Waals surface area (Å²) in [6.45, 7) is 2.22. The van der Waals surface area contributed by atoms with E-state index in [4.69, 9.17) is 5.11 Å². The predicted octanol–water partition coefficient (Wildman–Crippen LogP) is 3.01. The SMILES string of the molecule is CC1CCC(C(=O)C(Br)CCC(=O)O)CC1. The third kappa shape index (κ3) is 4.24. The Kier molecular flexibility index (Phi) is 5.46. The molecule has 0 amide bonds. The second kappa shape index (κ2) is 6.38. The molecule has 1 saturated carbocycles. The number of Topliss-reactive ketones (excluding diaryl/α,β-unsaturated/α-hetero) is 1. The molecule has 1 unspecified atom stereocenters. The fourth-order valence-corrected chi connectivity index (χ4v) is 2.80. The van der Waals surface area contributed by atoms with Gasteiger partial charge in [0.2, 0.25) is 0 Å². The summed E-state index contributed by atoms with van der Waals surface area (Å²) in [5, 5.41) is 8.56. The average molecular weight is 291 g/mol. The van der Waals surface area contributed by atoms with Crippen molar-refractivity contribution in [3.63, 3.8) is 0 Å². The van der Waals surface area contributed by atoms with Gasteiger partial charge in [0.15, 0.2) is 0 Å². The Balaban J connectivity index is 2.35. The largest absolute Gasteiger partial charge is 0.481 e. The lowest BCUT2D eigenvalue weighted by atomic mass is 9.80. The zero-order valence-corrected chi connectivity index (χ0v) is 11.2. The standard InChI is InChI=1S/C12H19BrO3/c1-8-2-4-9(5-3-8)12(16)10(13)6-7-11(14)15/h8-10H,2-7H2,1H3,(H,14,15). The molecule has 1 atom stereocenters. The van der Waals surface area contributed by atoms with Crippen molar-refractivity contribution < 1.29 is 14.7 Å². The molecule has 16 heavy (non-hydrogen) atoms. The van der Waals surface area contributed by atoms with E-state index in [-0.39, 0.29) is 22.9 Å². The van der Waals surface area contributed by atoms with Crippen molar-refractivity contribution in [1.82, 2.24) is 0 Å².